The van der Waals surface area contributed by atoms with Gasteiger partial charge in [-0.25, -0.2) is 9.18 Å². The molecule has 0 heterocycles. The van der Waals surface area contributed by atoms with Gasteiger partial charge in [-0.05, 0) is 42.5 Å². The maximum Gasteiger partial charge on any atom is 0.332 e. The van der Waals surface area contributed by atoms with Crippen molar-refractivity contribution in [3.63, 3.8) is 0 Å². The first-order chi connectivity index (χ1) is 11.2. The van der Waals surface area contributed by atoms with Gasteiger partial charge in [0.25, 0.3) is 5.91 Å². The first kappa shape index (κ1) is 17.8. The van der Waals surface area contributed by atoms with Gasteiger partial charge in [-0.2, -0.15) is 8.42 Å². The van der Waals surface area contributed by atoms with Gasteiger partial charge >= 0.3 is 16.3 Å². The summed E-state index contributed by atoms with van der Waals surface area (Å²) >= 11 is 5.67. The predicted molar refractivity (Wildman–Crippen MR) is 82.6 cm³/mol. The summed E-state index contributed by atoms with van der Waals surface area (Å²) in [5.74, 6) is -1.93. The summed E-state index contributed by atoms with van der Waals surface area (Å²) in [5.41, 5.74) is -0.280. The molecule has 3 amide bonds. The Hall–Kier alpha value is -2.52. The molecule has 0 aromatic heterocycles. The first-order valence-corrected chi connectivity index (χ1v) is 8.05. The number of amides is 3. The van der Waals surface area contributed by atoms with Crippen LogP contribution in [0, 0.1) is 5.82 Å². The number of urea groups is 1. The first-order valence-electron chi connectivity index (χ1n) is 6.29. The highest BCUT2D eigenvalue weighted by atomic mass is 35.5. The fourth-order valence-corrected chi connectivity index (χ4v) is 2.28. The van der Waals surface area contributed by atoms with E-state index in [1.165, 1.54) is 24.3 Å². The van der Waals surface area contributed by atoms with Gasteiger partial charge < -0.3 is 5.32 Å². The van der Waals surface area contributed by atoms with Crippen LogP contribution in [0.2, 0.25) is 5.02 Å². The van der Waals surface area contributed by atoms with Gasteiger partial charge in [0.05, 0.1) is 5.69 Å². The fourth-order valence-electron chi connectivity index (χ4n) is 1.68. The number of hydrogen-bond acceptors (Lipinski definition) is 4. The molecular formula is C14H9ClF2N2O4S. The second-order valence-electron chi connectivity index (χ2n) is 4.49. The van der Waals surface area contributed by atoms with Crippen LogP contribution in [-0.4, -0.2) is 20.4 Å². The molecule has 0 bridgehead atoms. The molecule has 0 radical (unpaired) electrons. The van der Waals surface area contributed by atoms with Crippen molar-refractivity contribution in [2.75, 3.05) is 5.32 Å². The molecule has 0 aliphatic carbocycles. The SMILES string of the molecule is O=C(NC(=O)c1ccc(Cl)cc1)Nc1ccc(S(=O)(=O)F)cc1F. The van der Waals surface area contributed by atoms with E-state index in [2.05, 4.69) is 0 Å². The van der Waals surface area contributed by atoms with Crippen molar-refractivity contribution in [3.05, 3.63) is 58.9 Å². The molecule has 0 spiro atoms. The lowest BCUT2D eigenvalue weighted by Crippen LogP contribution is -2.34. The maximum atomic E-state index is 13.7. The van der Waals surface area contributed by atoms with Crippen molar-refractivity contribution in [1.82, 2.24) is 5.32 Å². The molecular weight excluding hydrogens is 366 g/mol. The Bertz CT molecular complexity index is 901. The molecule has 2 N–H and O–H groups in total. The third-order valence-electron chi connectivity index (χ3n) is 2.80. The number of imide groups is 1. The Balaban J connectivity index is 2.07. The molecule has 0 aliphatic rings. The van der Waals surface area contributed by atoms with E-state index >= 15 is 0 Å². The zero-order valence-electron chi connectivity index (χ0n) is 11.7. The Morgan fingerprint density at radius 2 is 1.67 bits per heavy atom. The number of carbonyl (C=O) groups is 2. The van der Waals surface area contributed by atoms with Crippen LogP contribution in [0.25, 0.3) is 0 Å². The minimum absolute atomic E-state index is 0.147. The van der Waals surface area contributed by atoms with Gasteiger partial charge in [-0.1, -0.05) is 11.6 Å². The molecule has 0 atom stereocenters. The molecule has 6 nitrogen and oxygen atoms in total. The fraction of sp³-hybridized carbons (Fsp3) is 0. The van der Waals surface area contributed by atoms with Gasteiger partial charge in [0.2, 0.25) is 0 Å². The lowest BCUT2D eigenvalue weighted by atomic mass is 10.2. The van der Waals surface area contributed by atoms with Gasteiger partial charge in [-0.3, -0.25) is 10.1 Å². The van der Waals surface area contributed by atoms with Crippen LogP contribution < -0.4 is 10.6 Å². The van der Waals surface area contributed by atoms with E-state index in [-0.39, 0.29) is 5.56 Å². The standard InChI is InChI=1S/C14H9ClF2N2O4S/c15-9-3-1-8(2-4-9)13(20)19-14(21)18-12-6-5-10(7-11(12)16)24(17,22)23/h1-7H,(H2,18,19,20,21). The maximum absolute atomic E-state index is 13.7. The summed E-state index contributed by atoms with van der Waals surface area (Å²) in [5, 5.41) is 4.36. The highest BCUT2D eigenvalue weighted by Crippen LogP contribution is 2.20. The van der Waals surface area contributed by atoms with Gasteiger partial charge in [0.15, 0.2) is 0 Å². The van der Waals surface area contributed by atoms with Crippen molar-refractivity contribution in [3.8, 4) is 0 Å². The van der Waals surface area contributed by atoms with Gasteiger partial charge in [-0.15, -0.1) is 3.89 Å². The molecule has 0 fully saturated rings. The van der Waals surface area contributed by atoms with E-state index in [0.29, 0.717) is 11.1 Å². The number of benzene rings is 2. The number of carbonyl (C=O) groups excluding carboxylic acids is 2. The lowest BCUT2D eigenvalue weighted by molar-refractivity contribution is 0.0967. The number of halogens is 3. The topological polar surface area (TPSA) is 92.3 Å². The number of rotatable bonds is 3. The third kappa shape index (κ3) is 4.49. The molecule has 24 heavy (non-hydrogen) atoms. The number of anilines is 1. The zero-order chi connectivity index (χ0) is 17.9. The number of nitrogens with one attached hydrogen (secondary N) is 2. The predicted octanol–water partition coefficient (Wildman–Crippen LogP) is 3.10. The summed E-state index contributed by atoms with van der Waals surface area (Å²) in [6.45, 7) is 0. The molecule has 2 aromatic carbocycles. The highest BCUT2D eigenvalue weighted by molar-refractivity contribution is 7.86. The van der Waals surface area contributed by atoms with E-state index in [1.807, 2.05) is 10.6 Å². The molecule has 10 heteroatoms. The lowest BCUT2D eigenvalue weighted by Gasteiger charge is -2.08. The van der Waals surface area contributed by atoms with E-state index in [9.17, 15) is 26.3 Å². The summed E-state index contributed by atoms with van der Waals surface area (Å²) < 4.78 is 47.7. The van der Waals surface area contributed by atoms with Crippen LogP contribution in [0.1, 0.15) is 10.4 Å². The molecule has 0 aliphatic heterocycles. The molecule has 0 saturated carbocycles. The van der Waals surface area contributed by atoms with Crippen LogP contribution >= 0.6 is 11.6 Å². The highest BCUT2D eigenvalue weighted by Gasteiger charge is 2.16. The summed E-state index contributed by atoms with van der Waals surface area (Å²) in [6.07, 6.45) is 0. The normalized spacial score (nSPS) is 11.0. The van der Waals surface area contributed by atoms with Crippen LogP contribution in [0.3, 0.4) is 0 Å². The second-order valence-corrected chi connectivity index (χ2v) is 6.28. The second kappa shape index (κ2) is 6.93. The Morgan fingerprint density at radius 1 is 1.04 bits per heavy atom. The third-order valence-corrected chi connectivity index (χ3v) is 3.87. The van der Waals surface area contributed by atoms with Crippen molar-refractivity contribution >= 4 is 39.4 Å². The largest absolute Gasteiger partial charge is 0.332 e. The molecule has 0 saturated heterocycles. The van der Waals surface area contributed by atoms with Crippen molar-refractivity contribution < 1.29 is 26.3 Å². The Labute approximate surface area is 140 Å². The summed E-state index contributed by atoms with van der Waals surface area (Å²) in [4.78, 5) is 22.6. The Kier molecular flexibility index (Phi) is 5.15. The molecule has 0 unspecified atom stereocenters. The van der Waals surface area contributed by atoms with Crippen molar-refractivity contribution in [2.24, 2.45) is 0 Å². The van der Waals surface area contributed by atoms with Gasteiger partial charge in [0, 0.05) is 10.6 Å². The minimum atomic E-state index is -5.06. The average Bonchev–Trinajstić information content (AvgIpc) is 2.48. The quantitative estimate of drug-likeness (QED) is 0.807. The molecule has 126 valence electrons. The van der Waals surface area contributed by atoms with E-state index < -0.39 is 38.6 Å². The van der Waals surface area contributed by atoms with Crippen molar-refractivity contribution in [2.45, 2.75) is 4.90 Å². The van der Waals surface area contributed by atoms with E-state index in [0.717, 1.165) is 12.1 Å². The van der Waals surface area contributed by atoms with Crippen LogP contribution in [0.15, 0.2) is 47.4 Å². The zero-order valence-corrected chi connectivity index (χ0v) is 13.3. The van der Waals surface area contributed by atoms with E-state index in [1.54, 1.807) is 0 Å². The Morgan fingerprint density at radius 3 is 2.21 bits per heavy atom. The average molecular weight is 375 g/mol. The monoisotopic (exact) mass is 374 g/mol. The van der Waals surface area contributed by atoms with Gasteiger partial charge in [0.1, 0.15) is 10.7 Å². The van der Waals surface area contributed by atoms with Crippen LogP contribution in [0.5, 0.6) is 0 Å². The number of hydrogen-bond donors (Lipinski definition) is 2. The summed E-state index contributed by atoms with van der Waals surface area (Å²) in [7, 11) is -5.06. The van der Waals surface area contributed by atoms with Crippen LogP contribution in [-0.2, 0) is 10.2 Å². The van der Waals surface area contributed by atoms with Crippen molar-refractivity contribution in [1.29, 1.82) is 0 Å². The molecule has 2 aromatic rings. The van der Waals surface area contributed by atoms with E-state index in [4.69, 9.17) is 11.6 Å². The minimum Gasteiger partial charge on any atom is -0.305 e. The molecule has 2 rings (SSSR count). The van der Waals surface area contributed by atoms with Crippen LogP contribution in [0.4, 0.5) is 18.8 Å². The smallest absolute Gasteiger partial charge is 0.305 e. The summed E-state index contributed by atoms with van der Waals surface area (Å²) in [6, 6.07) is 6.65.